The summed E-state index contributed by atoms with van der Waals surface area (Å²) in [5.41, 5.74) is 0.863. The summed E-state index contributed by atoms with van der Waals surface area (Å²) in [6.45, 7) is 2.34. The minimum atomic E-state index is -1.03. The highest BCUT2D eigenvalue weighted by molar-refractivity contribution is 5.81. The van der Waals surface area contributed by atoms with Crippen LogP contribution in [0.1, 0.15) is 18.1 Å². The molecule has 0 radical (unpaired) electrons. The maximum absolute atomic E-state index is 12.8. The first-order valence-electron chi connectivity index (χ1n) is 8.93. The van der Waals surface area contributed by atoms with Crippen molar-refractivity contribution >= 4 is 5.97 Å². The number of hydrogen-bond donors (Lipinski definition) is 0. The van der Waals surface area contributed by atoms with E-state index in [-0.39, 0.29) is 6.54 Å². The molecule has 148 valence electrons. The largest absolute Gasteiger partial charge is 0.493 e. The van der Waals surface area contributed by atoms with Gasteiger partial charge in [0.2, 0.25) is 0 Å². The maximum Gasteiger partial charge on any atom is 0.326 e. The fraction of sp³-hybridized carbons (Fsp3) is 0.364. The lowest BCUT2D eigenvalue weighted by molar-refractivity contribution is -0.154. The zero-order valence-electron chi connectivity index (χ0n) is 16.8. The average molecular weight is 382 g/mol. The molecule has 2 aromatic carbocycles. The van der Waals surface area contributed by atoms with Gasteiger partial charge in [-0.15, -0.1) is 0 Å². The molecule has 0 aliphatic rings. The van der Waals surface area contributed by atoms with Gasteiger partial charge in [-0.1, -0.05) is 36.4 Å². The molecule has 0 spiro atoms. The van der Waals surface area contributed by atoms with E-state index in [1.54, 1.807) is 27.2 Å². The van der Waals surface area contributed by atoms with Crippen LogP contribution in [0.15, 0.2) is 48.5 Å². The van der Waals surface area contributed by atoms with Crippen LogP contribution >= 0.6 is 0 Å². The van der Waals surface area contributed by atoms with E-state index in [9.17, 15) is 10.1 Å². The second kappa shape index (κ2) is 9.77. The molecule has 0 heterocycles. The van der Waals surface area contributed by atoms with Crippen LogP contribution in [-0.4, -0.2) is 44.3 Å². The number of methoxy groups -OCH3 is 3. The topological polar surface area (TPSA) is 71.8 Å². The summed E-state index contributed by atoms with van der Waals surface area (Å²) in [5.74, 6) is 0.805. The van der Waals surface area contributed by atoms with E-state index in [4.69, 9.17) is 14.2 Å². The Labute approximate surface area is 166 Å². The SMILES string of the molecule is COC(=O)[C@@](C)(Cc1ccc(OC)c(OC)c1)N(CC#N)Cc1ccccc1. The van der Waals surface area contributed by atoms with Gasteiger partial charge in [0, 0.05) is 13.0 Å². The highest BCUT2D eigenvalue weighted by atomic mass is 16.5. The summed E-state index contributed by atoms with van der Waals surface area (Å²) in [5, 5.41) is 9.37. The van der Waals surface area contributed by atoms with Crippen molar-refractivity contribution in [2.24, 2.45) is 0 Å². The minimum Gasteiger partial charge on any atom is -0.493 e. The third-order valence-electron chi connectivity index (χ3n) is 4.80. The number of hydrogen-bond acceptors (Lipinski definition) is 6. The highest BCUT2D eigenvalue weighted by Crippen LogP contribution is 2.31. The van der Waals surface area contributed by atoms with Crippen LogP contribution in [-0.2, 0) is 22.5 Å². The molecule has 0 aliphatic carbocycles. The second-order valence-corrected chi connectivity index (χ2v) is 6.63. The van der Waals surface area contributed by atoms with Crippen molar-refractivity contribution in [1.29, 1.82) is 5.26 Å². The summed E-state index contributed by atoms with van der Waals surface area (Å²) in [6.07, 6.45) is 0.356. The van der Waals surface area contributed by atoms with Crippen molar-refractivity contribution in [2.45, 2.75) is 25.4 Å². The van der Waals surface area contributed by atoms with Gasteiger partial charge in [-0.25, -0.2) is 0 Å². The lowest BCUT2D eigenvalue weighted by Gasteiger charge is -2.37. The van der Waals surface area contributed by atoms with Crippen molar-refractivity contribution < 1.29 is 19.0 Å². The molecule has 0 aromatic heterocycles. The summed E-state index contributed by atoms with van der Waals surface area (Å²) in [6, 6.07) is 17.4. The van der Waals surface area contributed by atoms with E-state index in [2.05, 4.69) is 6.07 Å². The number of carbonyl (C=O) groups excluding carboxylic acids is 1. The Kier molecular flexibility index (Phi) is 7.42. The third kappa shape index (κ3) is 4.81. The van der Waals surface area contributed by atoms with Crippen LogP contribution in [0.25, 0.3) is 0 Å². The number of benzene rings is 2. The highest BCUT2D eigenvalue weighted by Gasteiger charge is 2.41. The molecule has 2 aromatic rings. The van der Waals surface area contributed by atoms with Crippen LogP contribution in [0, 0.1) is 11.3 Å². The van der Waals surface area contributed by atoms with Gasteiger partial charge in [0.15, 0.2) is 11.5 Å². The van der Waals surface area contributed by atoms with Gasteiger partial charge in [0.05, 0.1) is 33.9 Å². The number of carbonyl (C=O) groups is 1. The van der Waals surface area contributed by atoms with Gasteiger partial charge < -0.3 is 14.2 Å². The van der Waals surface area contributed by atoms with E-state index in [0.717, 1.165) is 11.1 Å². The average Bonchev–Trinajstić information content (AvgIpc) is 2.73. The van der Waals surface area contributed by atoms with Crippen molar-refractivity contribution in [1.82, 2.24) is 4.90 Å². The molecular weight excluding hydrogens is 356 g/mol. The molecule has 0 fully saturated rings. The minimum absolute atomic E-state index is 0.0911. The monoisotopic (exact) mass is 382 g/mol. The van der Waals surface area contributed by atoms with E-state index >= 15 is 0 Å². The second-order valence-electron chi connectivity index (χ2n) is 6.63. The number of nitriles is 1. The lowest BCUT2D eigenvalue weighted by Crippen LogP contribution is -2.54. The van der Waals surface area contributed by atoms with Gasteiger partial charge in [0.25, 0.3) is 0 Å². The fourth-order valence-corrected chi connectivity index (χ4v) is 3.22. The zero-order chi connectivity index (χ0) is 20.6. The van der Waals surface area contributed by atoms with Gasteiger partial charge in [0.1, 0.15) is 5.54 Å². The van der Waals surface area contributed by atoms with Crippen molar-refractivity contribution in [3.8, 4) is 17.6 Å². The predicted octanol–water partition coefficient (Wildman–Crippen LogP) is 3.20. The number of rotatable bonds is 9. The molecule has 0 N–H and O–H groups in total. The van der Waals surface area contributed by atoms with Gasteiger partial charge in [-0.2, -0.15) is 5.26 Å². The maximum atomic E-state index is 12.8. The molecule has 0 amide bonds. The number of esters is 1. The summed E-state index contributed by atoms with van der Waals surface area (Å²) < 4.78 is 15.8. The Morgan fingerprint density at radius 3 is 2.29 bits per heavy atom. The van der Waals surface area contributed by atoms with Crippen LogP contribution in [0.3, 0.4) is 0 Å². The van der Waals surface area contributed by atoms with Crippen LogP contribution in [0.4, 0.5) is 0 Å². The van der Waals surface area contributed by atoms with Crippen LogP contribution in [0.5, 0.6) is 11.5 Å². The normalized spacial score (nSPS) is 12.7. The third-order valence-corrected chi connectivity index (χ3v) is 4.80. The molecule has 6 nitrogen and oxygen atoms in total. The molecule has 0 saturated heterocycles. The van der Waals surface area contributed by atoms with Crippen molar-refractivity contribution in [3.05, 3.63) is 59.7 Å². The molecule has 2 rings (SSSR count). The summed E-state index contributed by atoms with van der Waals surface area (Å²) >= 11 is 0. The summed E-state index contributed by atoms with van der Waals surface area (Å²) in [7, 11) is 4.51. The lowest BCUT2D eigenvalue weighted by atomic mass is 9.90. The smallest absolute Gasteiger partial charge is 0.326 e. The first-order valence-corrected chi connectivity index (χ1v) is 8.93. The molecular formula is C22H26N2O4. The molecule has 28 heavy (non-hydrogen) atoms. The van der Waals surface area contributed by atoms with E-state index in [0.29, 0.717) is 24.5 Å². The van der Waals surface area contributed by atoms with E-state index in [1.807, 2.05) is 47.4 Å². The fourth-order valence-electron chi connectivity index (χ4n) is 3.22. The van der Waals surface area contributed by atoms with E-state index < -0.39 is 11.5 Å². The van der Waals surface area contributed by atoms with Gasteiger partial charge in [-0.3, -0.25) is 9.69 Å². The Morgan fingerprint density at radius 1 is 1.04 bits per heavy atom. The molecule has 0 bridgehead atoms. The predicted molar refractivity (Wildman–Crippen MR) is 106 cm³/mol. The number of nitrogens with zero attached hydrogens (tertiary/aromatic N) is 2. The molecule has 6 heteroatoms. The van der Waals surface area contributed by atoms with Gasteiger partial charge >= 0.3 is 5.97 Å². The quantitative estimate of drug-likeness (QED) is 0.490. The first-order chi connectivity index (χ1) is 13.5. The molecule has 0 aliphatic heterocycles. The Bertz CT molecular complexity index is 832. The van der Waals surface area contributed by atoms with Crippen molar-refractivity contribution in [3.63, 3.8) is 0 Å². The summed E-state index contributed by atoms with van der Waals surface area (Å²) in [4.78, 5) is 14.6. The van der Waals surface area contributed by atoms with E-state index in [1.165, 1.54) is 7.11 Å². The van der Waals surface area contributed by atoms with Crippen LogP contribution < -0.4 is 9.47 Å². The number of ether oxygens (including phenoxy) is 3. The Hall–Kier alpha value is -3.04. The zero-order valence-corrected chi connectivity index (χ0v) is 16.8. The molecule has 0 saturated carbocycles. The molecule has 1 atom stereocenters. The standard InChI is InChI=1S/C22H26N2O4/c1-22(21(25)28-4,15-18-10-11-19(26-2)20(14-18)27-3)24(13-12-23)16-17-8-6-5-7-9-17/h5-11,14H,13,15-16H2,1-4H3/t22-/m1/s1. The van der Waals surface area contributed by atoms with Gasteiger partial charge in [-0.05, 0) is 30.2 Å². The molecule has 0 unspecified atom stereocenters. The van der Waals surface area contributed by atoms with Crippen LogP contribution in [0.2, 0.25) is 0 Å². The van der Waals surface area contributed by atoms with Crippen molar-refractivity contribution in [2.75, 3.05) is 27.9 Å². The Balaban J connectivity index is 2.40. The first kappa shape index (κ1) is 21.3. The Morgan fingerprint density at radius 2 is 1.71 bits per heavy atom.